The third kappa shape index (κ3) is 4.06. The molecule has 0 saturated carbocycles. The van der Waals surface area contributed by atoms with Crippen molar-refractivity contribution in [1.82, 2.24) is 14.2 Å². The molecule has 1 heterocycles. The van der Waals surface area contributed by atoms with Gasteiger partial charge in [0.2, 0.25) is 10.0 Å². The summed E-state index contributed by atoms with van der Waals surface area (Å²) in [7, 11) is -0.179. The van der Waals surface area contributed by atoms with Gasteiger partial charge in [-0.25, -0.2) is 8.42 Å². The van der Waals surface area contributed by atoms with Crippen molar-refractivity contribution >= 4 is 26.8 Å². The number of methoxy groups -OCH3 is 1. The van der Waals surface area contributed by atoms with E-state index in [1.54, 1.807) is 43.0 Å². The van der Waals surface area contributed by atoms with E-state index in [2.05, 4.69) is 5.32 Å². The van der Waals surface area contributed by atoms with Crippen molar-refractivity contribution in [3.63, 3.8) is 0 Å². The molecule has 2 aromatic carbocycles. The fraction of sp³-hybridized carbons (Fsp3) is 0.318. The minimum atomic E-state index is -3.56. The molecule has 0 unspecified atom stereocenters. The number of fused-ring (bicyclic) bond motifs is 1. The van der Waals surface area contributed by atoms with Gasteiger partial charge in [-0.1, -0.05) is 32.0 Å². The molecular weight excluding hydrogens is 402 g/mol. The Bertz CT molecular complexity index is 1160. The normalized spacial score (nSPS) is 11.8. The van der Waals surface area contributed by atoms with Gasteiger partial charge in [0.15, 0.2) is 0 Å². The molecule has 0 spiro atoms. The van der Waals surface area contributed by atoms with E-state index in [-0.39, 0.29) is 10.8 Å². The molecule has 1 amide bonds. The van der Waals surface area contributed by atoms with Crippen LogP contribution in [0.15, 0.2) is 53.4 Å². The van der Waals surface area contributed by atoms with Gasteiger partial charge in [0.05, 0.1) is 12.0 Å². The van der Waals surface area contributed by atoms with Gasteiger partial charge in [0, 0.05) is 43.1 Å². The number of hydrogen-bond donors (Lipinski definition) is 1. The van der Waals surface area contributed by atoms with Crippen molar-refractivity contribution in [2.45, 2.75) is 25.3 Å². The topological polar surface area (TPSA) is 80.6 Å². The molecule has 8 heteroatoms. The van der Waals surface area contributed by atoms with Crippen molar-refractivity contribution < 1.29 is 17.9 Å². The predicted octanol–water partition coefficient (Wildman–Crippen LogP) is 3.15. The zero-order chi connectivity index (χ0) is 21.9. The highest BCUT2D eigenvalue weighted by Crippen LogP contribution is 2.25. The molecule has 0 radical (unpaired) electrons. The molecule has 7 nitrogen and oxygen atoms in total. The lowest BCUT2D eigenvalue weighted by Crippen LogP contribution is -2.30. The third-order valence-corrected chi connectivity index (χ3v) is 7.27. The lowest BCUT2D eigenvalue weighted by Gasteiger charge is -2.18. The van der Waals surface area contributed by atoms with E-state index in [1.807, 2.05) is 38.1 Å². The Balaban J connectivity index is 1.88. The van der Waals surface area contributed by atoms with Crippen molar-refractivity contribution in [2.24, 2.45) is 7.05 Å². The molecule has 0 aliphatic carbocycles. The van der Waals surface area contributed by atoms with Gasteiger partial charge < -0.3 is 14.6 Å². The third-order valence-electron chi connectivity index (χ3n) is 5.22. The number of rotatable bonds is 8. The van der Waals surface area contributed by atoms with Crippen LogP contribution in [0.2, 0.25) is 0 Å². The number of aryl methyl sites for hydroxylation is 1. The molecule has 3 rings (SSSR count). The average molecular weight is 430 g/mol. The van der Waals surface area contributed by atoms with Crippen molar-refractivity contribution in [2.75, 3.05) is 20.2 Å². The van der Waals surface area contributed by atoms with Crippen molar-refractivity contribution in [3.05, 3.63) is 59.8 Å². The van der Waals surface area contributed by atoms with Crippen LogP contribution in [-0.2, 0) is 23.6 Å². The lowest BCUT2D eigenvalue weighted by atomic mass is 10.2. The van der Waals surface area contributed by atoms with Gasteiger partial charge in [-0.3, -0.25) is 4.79 Å². The van der Waals surface area contributed by atoms with Crippen LogP contribution in [0.5, 0.6) is 5.75 Å². The molecule has 1 aromatic heterocycles. The van der Waals surface area contributed by atoms with Gasteiger partial charge >= 0.3 is 0 Å². The number of para-hydroxylation sites is 1. The van der Waals surface area contributed by atoms with Crippen LogP contribution in [0.3, 0.4) is 0 Å². The fourth-order valence-electron chi connectivity index (χ4n) is 3.53. The van der Waals surface area contributed by atoms with Gasteiger partial charge in [-0.05, 0) is 30.3 Å². The first-order valence-corrected chi connectivity index (χ1v) is 11.3. The summed E-state index contributed by atoms with van der Waals surface area (Å²) < 4.78 is 34.1. The van der Waals surface area contributed by atoms with E-state index in [4.69, 9.17) is 4.74 Å². The second-order valence-electron chi connectivity index (χ2n) is 6.89. The number of nitrogens with zero attached hydrogens (tertiary/aromatic N) is 2. The Labute approximate surface area is 177 Å². The molecule has 0 aliphatic heterocycles. The van der Waals surface area contributed by atoms with Gasteiger partial charge in [0.1, 0.15) is 11.4 Å². The molecule has 30 heavy (non-hydrogen) atoms. The van der Waals surface area contributed by atoms with E-state index >= 15 is 0 Å². The Kier molecular flexibility index (Phi) is 6.48. The van der Waals surface area contributed by atoms with Crippen LogP contribution in [-0.4, -0.2) is 43.4 Å². The second kappa shape index (κ2) is 8.89. The number of benzene rings is 2. The quantitative estimate of drug-likeness (QED) is 0.597. The number of carbonyl (C=O) groups is 1. The Morgan fingerprint density at radius 2 is 1.80 bits per heavy atom. The highest BCUT2D eigenvalue weighted by molar-refractivity contribution is 7.89. The molecule has 0 atom stereocenters. The van der Waals surface area contributed by atoms with Crippen molar-refractivity contribution in [3.8, 4) is 5.75 Å². The monoisotopic (exact) mass is 429 g/mol. The summed E-state index contributed by atoms with van der Waals surface area (Å²) in [6.07, 6.45) is 0. The molecule has 160 valence electrons. The standard InChI is InChI=1S/C22H27N3O4S/c1-5-25(6-2)30(27,28)18-11-12-19-17(13-18)14-20(24(19)3)22(26)23-15-16-9-7-8-10-21(16)29-4/h7-14H,5-6,15H2,1-4H3,(H,23,26). The Morgan fingerprint density at radius 1 is 1.10 bits per heavy atom. The number of nitrogens with one attached hydrogen (secondary N) is 1. The summed E-state index contributed by atoms with van der Waals surface area (Å²) in [5.74, 6) is 0.467. The summed E-state index contributed by atoms with van der Waals surface area (Å²) >= 11 is 0. The van der Waals surface area contributed by atoms with Gasteiger partial charge in [-0.15, -0.1) is 0 Å². The van der Waals surface area contributed by atoms with E-state index < -0.39 is 10.0 Å². The van der Waals surface area contributed by atoms with E-state index in [1.165, 1.54) is 4.31 Å². The summed E-state index contributed by atoms with van der Waals surface area (Å²) in [4.78, 5) is 13.0. The van der Waals surface area contributed by atoms with Gasteiger partial charge in [-0.2, -0.15) is 4.31 Å². The first-order chi connectivity index (χ1) is 14.3. The molecular formula is C22H27N3O4S. The Hall–Kier alpha value is -2.84. The number of carbonyl (C=O) groups excluding carboxylic acids is 1. The SMILES string of the molecule is CCN(CC)S(=O)(=O)c1ccc2c(c1)cc(C(=O)NCc1ccccc1OC)n2C. The van der Waals surface area contributed by atoms with Crippen LogP contribution >= 0.6 is 0 Å². The number of ether oxygens (including phenoxy) is 1. The maximum Gasteiger partial charge on any atom is 0.268 e. The van der Waals surface area contributed by atoms with Crippen LogP contribution in [0.4, 0.5) is 0 Å². The predicted molar refractivity (Wildman–Crippen MR) is 117 cm³/mol. The molecule has 1 N–H and O–H groups in total. The molecule has 0 aliphatic rings. The number of sulfonamides is 1. The lowest BCUT2D eigenvalue weighted by molar-refractivity contribution is 0.0943. The zero-order valence-electron chi connectivity index (χ0n) is 17.7. The van der Waals surface area contributed by atoms with E-state index in [9.17, 15) is 13.2 Å². The highest BCUT2D eigenvalue weighted by atomic mass is 32.2. The fourth-order valence-corrected chi connectivity index (χ4v) is 5.03. The van der Waals surface area contributed by atoms with Gasteiger partial charge in [0.25, 0.3) is 5.91 Å². The largest absolute Gasteiger partial charge is 0.496 e. The second-order valence-corrected chi connectivity index (χ2v) is 8.83. The van der Waals surface area contributed by atoms with E-state index in [0.29, 0.717) is 36.5 Å². The molecule has 0 saturated heterocycles. The molecule has 0 fully saturated rings. The summed E-state index contributed by atoms with van der Waals surface area (Å²) in [5.41, 5.74) is 2.12. The summed E-state index contributed by atoms with van der Waals surface area (Å²) in [5, 5.41) is 3.61. The number of amides is 1. The minimum Gasteiger partial charge on any atom is -0.496 e. The summed E-state index contributed by atoms with van der Waals surface area (Å²) in [6.45, 7) is 4.76. The van der Waals surface area contributed by atoms with Crippen LogP contribution in [0.1, 0.15) is 29.9 Å². The average Bonchev–Trinajstić information content (AvgIpc) is 3.09. The Morgan fingerprint density at radius 3 is 2.47 bits per heavy atom. The maximum absolute atomic E-state index is 12.8. The number of hydrogen-bond acceptors (Lipinski definition) is 4. The maximum atomic E-state index is 12.8. The summed E-state index contributed by atoms with van der Waals surface area (Å²) in [6, 6.07) is 14.2. The van der Waals surface area contributed by atoms with Crippen LogP contribution in [0, 0.1) is 0 Å². The van der Waals surface area contributed by atoms with E-state index in [0.717, 1.165) is 11.1 Å². The molecule has 3 aromatic rings. The van der Waals surface area contributed by atoms with Crippen molar-refractivity contribution in [1.29, 1.82) is 0 Å². The van der Waals surface area contributed by atoms with Crippen LogP contribution < -0.4 is 10.1 Å². The smallest absolute Gasteiger partial charge is 0.268 e. The highest BCUT2D eigenvalue weighted by Gasteiger charge is 2.23. The first-order valence-electron chi connectivity index (χ1n) is 9.83. The minimum absolute atomic E-state index is 0.227. The molecule has 0 bridgehead atoms. The number of aromatic nitrogens is 1. The first kappa shape index (κ1) is 21.9. The van der Waals surface area contributed by atoms with Crippen LogP contribution in [0.25, 0.3) is 10.9 Å². The zero-order valence-corrected chi connectivity index (χ0v) is 18.5.